The molecule has 0 aromatic carbocycles. The Kier molecular flexibility index (Phi) is 4.75. The van der Waals surface area contributed by atoms with E-state index in [1.807, 2.05) is 0 Å². The Morgan fingerprint density at radius 3 is 0.800 bits per heavy atom. The van der Waals surface area contributed by atoms with Crippen molar-refractivity contribution in [2.24, 2.45) is 0 Å². The van der Waals surface area contributed by atoms with Gasteiger partial charge in [-0.2, -0.15) is 0 Å². The zero-order chi connectivity index (χ0) is 4.50. The molecule has 5 heteroatoms. The molecule has 0 radical (unpaired) electrons. The highest BCUT2D eigenvalue weighted by atomic mass is 127. The van der Waals surface area contributed by atoms with Gasteiger partial charge < -0.3 is 0 Å². The summed E-state index contributed by atoms with van der Waals surface area (Å²) in [6.07, 6.45) is 0. The minimum Gasteiger partial charge on any atom is -0.101 e. The fourth-order valence-electron chi connectivity index (χ4n) is 0. The third kappa shape index (κ3) is 19.8. The van der Waals surface area contributed by atoms with Crippen molar-refractivity contribution in [3.63, 3.8) is 0 Å². The van der Waals surface area contributed by atoms with Crippen molar-refractivity contribution in [3.05, 3.63) is 0 Å². The minimum atomic E-state index is 0.880. The molecule has 0 saturated heterocycles. The summed E-state index contributed by atoms with van der Waals surface area (Å²) in [7, 11) is 0. The second kappa shape index (κ2) is 3.02. The van der Waals surface area contributed by atoms with Gasteiger partial charge >= 0.3 is 0 Å². The lowest BCUT2D eigenvalue weighted by Gasteiger charge is -1.92. The Morgan fingerprint density at radius 1 is 0.800 bits per heavy atom. The molecule has 0 aromatic rings. The summed E-state index contributed by atoms with van der Waals surface area (Å²) in [5.74, 6) is 0. The van der Waals surface area contributed by atoms with Crippen molar-refractivity contribution in [1.82, 2.24) is 0 Å². The monoisotopic (exact) mass is 522 g/mol. The highest BCUT2D eigenvalue weighted by molar-refractivity contribution is 14.3. The van der Waals surface area contributed by atoms with E-state index < -0.39 is 0 Å². The predicted octanol–water partition coefficient (Wildman–Crippen LogP) is 3.20. The van der Waals surface area contributed by atoms with Gasteiger partial charge in [-0.15, -0.1) is -2.66 Å². The van der Waals surface area contributed by atoms with Crippen LogP contribution in [0.25, 0.3) is 0 Å². The van der Waals surface area contributed by atoms with Gasteiger partial charge in [-0.3, -0.25) is 0 Å². The van der Waals surface area contributed by atoms with E-state index in [1.54, 1.807) is 0 Å². The van der Waals surface area contributed by atoms with Crippen molar-refractivity contribution in [1.29, 1.82) is 0 Å². The smallest absolute Gasteiger partial charge is 0.101 e. The third-order valence-corrected chi connectivity index (χ3v) is 0. The largest absolute Gasteiger partial charge is 0.275 e. The number of hydrogen-bond acceptors (Lipinski definition) is 0. The normalized spacial score (nSPS) is 12.0. The Hall–Kier alpha value is 2.88. The van der Waals surface area contributed by atoms with Crippen molar-refractivity contribution in [2.75, 3.05) is 0 Å². The lowest BCUT2D eigenvalue weighted by atomic mass is 14.0. The summed E-state index contributed by atoms with van der Waals surface area (Å²) in [6.45, 7) is 0. The summed E-state index contributed by atoms with van der Waals surface area (Å²) in [5, 5.41) is 0. The maximum atomic E-state index is 2.28. The molecule has 0 aliphatic rings. The van der Waals surface area contributed by atoms with Crippen LogP contribution < -0.4 is 0 Å². The molecule has 0 spiro atoms. The van der Waals surface area contributed by atoms with Crippen LogP contribution in [0.2, 0.25) is 0 Å². The van der Waals surface area contributed by atoms with Gasteiger partial charge in [0.25, 0.3) is 91.5 Å². The molecule has 0 rings (SSSR count). The molecule has 5 heavy (non-hydrogen) atoms. The molecule has 0 saturated carbocycles. The van der Waals surface area contributed by atoms with E-state index in [0.717, 1.165) is -2.66 Å². The van der Waals surface area contributed by atoms with Crippen LogP contribution in [0.1, 0.15) is 0 Å². The average molecular weight is 522 g/mol. The van der Waals surface area contributed by atoms with Crippen molar-refractivity contribution >= 4 is 91.5 Å². The van der Waals surface area contributed by atoms with Gasteiger partial charge in [-0.25, -0.2) is 0 Å². The van der Waals surface area contributed by atoms with E-state index in [0.29, 0.717) is 0 Å². The number of hydrogen-bond donors (Lipinski definition) is 0. The Morgan fingerprint density at radius 2 is 0.800 bits per heavy atom. The van der Waals surface area contributed by atoms with Crippen LogP contribution in [0.4, 0.5) is 0 Å². The van der Waals surface area contributed by atoms with Crippen LogP contribution in [0.3, 0.4) is 0 Å². The zero-order valence-electron chi connectivity index (χ0n) is 1.96. The second-order valence-corrected chi connectivity index (χ2v) is 17.2. The lowest BCUT2D eigenvalue weighted by Crippen LogP contribution is -1.82. The van der Waals surface area contributed by atoms with Gasteiger partial charge in [-0.1, -0.05) is 0 Å². The van der Waals surface area contributed by atoms with E-state index in [4.69, 9.17) is 0 Å². The van der Waals surface area contributed by atoms with Gasteiger partial charge in [0, 0.05) is 0 Å². The van der Waals surface area contributed by atoms with Gasteiger partial charge in [-0.05, 0) is 0 Å². The van der Waals surface area contributed by atoms with Crippen LogP contribution in [0.5, 0.6) is 0 Å². The van der Waals surface area contributed by atoms with Crippen LogP contribution in [-0.2, 0) is 0 Å². The quantitative estimate of drug-likeness (QED) is 0.339. The molecule has 0 amide bonds. The third-order valence-electron chi connectivity index (χ3n) is 0. The SMILES string of the molecule is I[N+](I)(I)I. The topological polar surface area (TPSA) is 0 Å². The Balaban J connectivity index is 3.02. The molecule has 0 N–H and O–H groups in total. The van der Waals surface area contributed by atoms with Gasteiger partial charge in [0.15, 0.2) is 0 Å². The number of rotatable bonds is 0. The number of halogens is 4. The first kappa shape index (κ1) is 7.88. The van der Waals surface area contributed by atoms with E-state index in [2.05, 4.69) is 91.5 Å². The first-order valence-corrected chi connectivity index (χ1v) is 4.54. The second-order valence-electron chi connectivity index (χ2n) is 0.383. The molecular weight excluding hydrogens is 522 g/mol. The predicted molar refractivity (Wildman–Crippen MR) is 56.3 cm³/mol. The van der Waals surface area contributed by atoms with E-state index >= 15 is 0 Å². The number of nitrogens with zero attached hydrogens (tertiary/aromatic N) is 1. The van der Waals surface area contributed by atoms with E-state index in [9.17, 15) is 0 Å². The molecule has 32 valence electrons. The molecular formula is I4N+. The molecule has 0 fully saturated rings. The summed E-state index contributed by atoms with van der Waals surface area (Å²) < 4.78 is 0.880. The average Bonchev–Trinajstić information content (AvgIpc) is 0.722. The summed E-state index contributed by atoms with van der Waals surface area (Å²) in [5.41, 5.74) is 0. The Labute approximate surface area is 86.8 Å². The lowest BCUT2D eigenvalue weighted by molar-refractivity contribution is -0.0244. The van der Waals surface area contributed by atoms with Crippen LogP contribution in [-0.4, -0.2) is -2.66 Å². The molecule has 0 heterocycles. The fourth-order valence-corrected chi connectivity index (χ4v) is 0. The van der Waals surface area contributed by atoms with Crippen molar-refractivity contribution < 1.29 is -2.66 Å². The molecule has 1 nitrogen and oxygen atoms in total. The molecule has 0 atom stereocenters. The van der Waals surface area contributed by atoms with Crippen LogP contribution >= 0.6 is 91.5 Å². The summed E-state index contributed by atoms with van der Waals surface area (Å²) in [6, 6.07) is 0. The van der Waals surface area contributed by atoms with Crippen molar-refractivity contribution in [3.8, 4) is 0 Å². The maximum Gasteiger partial charge on any atom is 0.275 e. The standard InChI is InChI=1S/I4N/c1-5(2,3)4/q+1. The minimum absolute atomic E-state index is 0.880. The zero-order valence-corrected chi connectivity index (χ0v) is 10.6. The highest BCUT2D eigenvalue weighted by Gasteiger charge is 2.10. The van der Waals surface area contributed by atoms with E-state index in [1.165, 1.54) is 0 Å². The first-order chi connectivity index (χ1) is 2.00. The molecule has 0 unspecified atom stereocenters. The van der Waals surface area contributed by atoms with Crippen LogP contribution in [0.15, 0.2) is 0 Å². The highest BCUT2D eigenvalue weighted by Crippen LogP contribution is 2.37. The van der Waals surface area contributed by atoms with Crippen LogP contribution in [0, 0.1) is 0 Å². The Bertz CT molecular complexity index is 19.1. The van der Waals surface area contributed by atoms with Crippen molar-refractivity contribution in [2.45, 2.75) is 0 Å². The van der Waals surface area contributed by atoms with Gasteiger partial charge in [0.1, 0.15) is 0 Å². The van der Waals surface area contributed by atoms with E-state index in [-0.39, 0.29) is 0 Å². The first-order valence-electron chi connectivity index (χ1n) is 0.676. The summed E-state index contributed by atoms with van der Waals surface area (Å²) >= 11 is 9.10. The molecule has 0 bridgehead atoms. The molecule has 0 aromatic heterocycles. The van der Waals surface area contributed by atoms with Gasteiger partial charge in [0.05, 0.1) is 0 Å². The summed E-state index contributed by atoms with van der Waals surface area (Å²) in [4.78, 5) is 0. The molecule has 0 aliphatic carbocycles. The maximum absolute atomic E-state index is 2.28. The number of quaternary nitrogens is 1. The fraction of sp³-hybridized carbons (Fsp3) is 0. The molecule has 0 aliphatic heterocycles. The van der Waals surface area contributed by atoms with Gasteiger partial charge in [0.2, 0.25) is 0 Å².